The van der Waals surface area contributed by atoms with Crippen LogP contribution in [0.1, 0.15) is 27.7 Å². The molecule has 0 radical (unpaired) electrons. The molecule has 0 aromatic rings. The zero-order valence-corrected chi connectivity index (χ0v) is 8.67. The standard InChI is InChI=1S/C6H18B3N3/c1-5(2)11-7-10-8-12(9-11)6(3)4/h5-10H,1-4H3. The highest BCUT2D eigenvalue weighted by atomic mass is 15.2. The maximum Gasteiger partial charge on any atom is 0.270 e. The fourth-order valence-corrected chi connectivity index (χ4v) is 1.36. The largest absolute Gasteiger partial charge is 0.377 e. The first-order chi connectivity index (χ1) is 5.61. The molecule has 0 aromatic carbocycles. The first-order valence-corrected chi connectivity index (χ1v) is 4.80. The van der Waals surface area contributed by atoms with Crippen LogP contribution in [0.3, 0.4) is 0 Å². The predicted molar refractivity (Wildman–Crippen MR) is 58.5 cm³/mol. The summed E-state index contributed by atoms with van der Waals surface area (Å²) in [5.41, 5.74) is 0. The van der Waals surface area contributed by atoms with E-state index in [4.69, 9.17) is 0 Å². The lowest BCUT2D eigenvalue weighted by molar-refractivity contribution is 0.454. The molecule has 6 heteroatoms. The van der Waals surface area contributed by atoms with E-state index in [2.05, 4.69) is 42.3 Å². The first-order valence-electron chi connectivity index (χ1n) is 4.80. The molecule has 66 valence electrons. The fraction of sp³-hybridized carbons (Fsp3) is 1.00. The second-order valence-electron chi connectivity index (χ2n) is 4.07. The summed E-state index contributed by atoms with van der Waals surface area (Å²) >= 11 is 0. The maximum atomic E-state index is 3.40. The van der Waals surface area contributed by atoms with E-state index < -0.39 is 0 Å². The Kier molecular flexibility index (Phi) is 3.68. The van der Waals surface area contributed by atoms with Gasteiger partial charge in [0.15, 0.2) is 0 Å². The summed E-state index contributed by atoms with van der Waals surface area (Å²) in [6.45, 7) is 8.97. The lowest BCUT2D eigenvalue weighted by atomic mass is 9.75. The van der Waals surface area contributed by atoms with Crippen LogP contribution in [0.15, 0.2) is 0 Å². The van der Waals surface area contributed by atoms with E-state index >= 15 is 0 Å². The molecule has 1 N–H and O–H groups in total. The zero-order valence-electron chi connectivity index (χ0n) is 8.67. The van der Waals surface area contributed by atoms with Crippen LogP contribution in [-0.2, 0) is 0 Å². The third-order valence-electron chi connectivity index (χ3n) is 2.45. The minimum absolute atomic E-state index is 0.638. The van der Waals surface area contributed by atoms with Crippen molar-refractivity contribution >= 4 is 22.6 Å². The van der Waals surface area contributed by atoms with Gasteiger partial charge in [-0.05, 0) is 12.1 Å². The van der Waals surface area contributed by atoms with Gasteiger partial charge in [0.05, 0.1) is 0 Å². The molecular weight excluding hydrogens is 147 g/mol. The van der Waals surface area contributed by atoms with E-state index in [0.29, 0.717) is 12.1 Å². The van der Waals surface area contributed by atoms with E-state index in [1.54, 1.807) is 0 Å². The van der Waals surface area contributed by atoms with Crippen molar-refractivity contribution in [2.24, 2.45) is 0 Å². The minimum Gasteiger partial charge on any atom is -0.377 e. The summed E-state index contributed by atoms with van der Waals surface area (Å²) in [4.78, 5) is 0. The van der Waals surface area contributed by atoms with Crippen molar-refractivity contribution in [3.63, 3.8) is 0 Å². The van der Waals surface area contributed by atoms with Crippen LogP contribution in [0.5, 0.6) is 0 Å². The number of nitrogens with zero attached hydrogens (tertiary/aromatic N) is 2. The van der Waals surface area contributed by atoms with Crippen LogP contribution >= 0.6 is 0 Å². The molecule has 1 fully saturated rings. The van der Waals surface area contributed by atoms with E-state index in [1.807, 2.05) is 0 Å². The molecule has 0 bridgehead atoms. The Labute approximate surface area is 77.7 Å². The van der Waals surface area contributed by atoms with E-state index in [1.165, 1.54) is 0 Å². The number of hydrogen-bond donors (Lipinski definition) is 1. The number of hydrogen-bond acceptors (Lipinski definition) is 3. The molecule has 1 aliphatic heterocycles. The van der Waals surface area contributed by atoms with Gasteiger partial charge in [0.1, 0.15) is 0 Å². The molecule has 1 heterocycles. The Balaban J connectivity index is 2.40. The summed E-state index contributed by atoms with van der Waals surface area (Å²) in [5, 5.41) is 3.40. The highest BCUT2D eigenvalue weighted by molar-refractivity contribution is 6.65. The second kappa shape index (κ2) is 4.35. The Morgan fingerprint density at radius 3 is 1.67 bits per heavy atom. The van der Waals surface area contributed by atoms with Gasteiger partial charge in [-0.25, -0.2) is 0 Å². The second-order valence-corrected chi connectivity index (χ2v) is 4.07. The highest BCUT2D eigenvalue weighted by Gasteiger charge is 2.24. The van der Waals surface area contributed by atoms with Crippen LogP contribution < -0.4 is 5.14 Å². The van der Waals surface area contributed by atoms with Gasteiger partial charge in [-0.15, -0.1) is 0 Å². The van der Waals surface area contributed by atoms with Gasteiger partial charge >= 0.3 is 0 Å². The summed E-state index contributed by atoms with van der Waals surface area (Å²) in [7, 11) is 3.16. The average molecular weight is 165 g/mol. The van der Waals surface area contributed by atoms with Crippen molar-refractivity contribution in [2.75, 3.05) is 0 Å². The third-order valence-corrected chi connectivity index (χ3v) is 2.45. The Morgan fingerprint density at radius 2 is 1.33 bits per heavy atom. The molecule has 0 unspecified atom stereocenters. The van der Waals surface area contributed by atoms with Gasteiger partial charge in [0.25, 0.3) is 22.6 Å². The van der Waals surface area contributed by atoms with Crippen LogP contribution in [0.4, 0.5) is 0 Å². The molecule has 1 aliphatic rings. The smallest absolute Gasteiger partial charge is 0.270 e. The van der Waals surface area contributed by atoms with Crippen molar-refractivity contribution in [3.8, 4) is 0 Å². The third kappa shape index (κ3) is 2.54. The Bertz CT molecular complexity index is 128. The molecule has 0 atom stereocenters. The van der Waals surface area contributed by atoms with Gasteiger partial charge in [-0.1, -0.05) is 27.7 Å². The summed E-state index contributed by atoms with van der Waals surface area (Å²) < 4.78 is 4.87. The summed E-state index contributed by atoms with van der Waals surface area (Å²) in [6, 6.07) is 1.28. The molecule has 0 saturated carbocycles. The zero-order chi connectivity index (χ0) is 9.14. The van der Waals surface area contributed by atoms with Crippen LogP contribution in [0.25, 0.3) is 0 Å². The molecule has 1 saturated heterocycles. The van der Waals surface area contributed by atoms with Gasteiger partial charge in [0, 0.05) is 0 Å². The predicted octanol–water partition coefficient (Wildman–Crippen LogP) is -1.19. The van der Waals surface area contributed by atoms with Crippen molar-refractivity contribution < 1.29 is 0 Å². The molecule has 12 heavy (non-hydrogen) atoms. The molecule has 3 nitrogen and oxygen atoms in total. The molecule has 1 rings (SSSR count). The van der Waals surface area contributed by atoms with Gasteiger partial charge in [-0.3, -0.25) is 0 Å². The van der Waals surface area contributed by atoms with E-state index in [0.717, 1.165) is 22.6 Å². The first kappa shape index (κ1) is 10.2. The normalized spacial score (nSPS) is 20.5. The average Bonchev–Trinajstić information content (AvgIpc) is 2.04. The van der Waals surface area contributed by atoms with Crippen LogP contribution in [-0.4, -0.2) is 44.2 Å². The molecular formula is C6H18B3N3. The van der Waals surface area contributed by atoms with Crippen LogP contribution in [0.2, 0.25) is 0 Å². The summed E-state index contributed by atoms with van der Waals surface area (Å²) in [5.74, 6) is 0. The molecule has 0 aromatic heterocycles. The number of nitrogens with one attached hydrogen (secondary N) is 1. The minimum atomic E-state index is 0.638. The monoisotopic (exact) mass is 165 g/mol. The lowest BCUT2D eigenvalue weighted by Crippen LogP contribution is -2.63. The SMILES string of the molecule is CC(C)N1BNBN(C(C)C)B1. The van der Waals surface area contributed by atoms with Crippen molar-refractivity contribution in [2.45, 2.75) is 39.8 Å². The van der Waals surface area contributed by atoms with E-state index in [9.17, 15) is 0 Å². The highest BCUT2D eigenvalue weighted by Crippen LogP contribution is 2.01. The number of rotatable bonds is 2. The van der Waals surface area contributed by atoms with Gasteiger partial charge in [-0.2, -0.15) is 0 Å². The van der Waals surface area contributed by atoms with Crippen molar-refractivity contribution in [1.29, 1.82) is 0 Å². The van der Waals surface area contributed by atoms with E-state index in [-0.39, 0.29) is 0 Å². The van der Waals surface area contributed by atoms with Crippen molar-refractivity contribution in [1.82, 2.24) is 14.6 Å². The maximum absolute atomic E-state index is 3.40. The topological polar surface area (TPSA) is 18.5 Å². The Hall–Kier alpha value is 0.0748. The Morgan fingerprint density at radius 1 is 0.917 bits per heavy atom. The molecule has 0 amide bonds. The molecule has 0 aliphatic carbocycles. The summed E-state index contributed by atoms with van der Waals surface area (Å²) in [6.07, 6.45) is 0. The van der Waals surface area contributed by atoms with Crippen LogP contribution in [0, 0.1) is 0 Å². The molecule has 0 spiro atoms. The van der Waals surface area contributed by atoms with Crippen molar-refractivity contribution in [3.05, 3.63) is 0 Å². The van der Waals surface area contributed by atoms with Gasteiger partial charge in [0.2, 0.25) is 0 Å². The lowest BCUT2D eigenvalue weighted by Gasteiger charge is -2.38. The quantitative estimate of drug-likeness (QED) is 0.518. The fourth-order valence-electron chi connectivity index (χ4n) is 1.36. The van der Waals surface area contributed by atoms with Gasteiger partial charge < -0.3 is 14.6 Å².